The summed E-state index contributed by atoms with van der Waals surface area (Å²) in [7, 11) is -1.23. The van der Waals surface area contributed by atoms with Gasteiger partial charge in [0.05, 0.1) is 13.2 Å². The van der Waals surface area contributed by atoms with Crippen LogP contribution in [0.1, 0.15) is 24.5 Å². The Morgan fingerprint density at radius 1 is 0.815 bits per heavy atom. The van der Waals surface area contributed by atoms with Crippen LogP contribution < -0.4 is 15.3 Å². The van der Waals surface area contributed by atoms with Crippen LogP contribution in [0.25, 0.3) is 0 Å². The van der Waals surface area contributed by atoms with E-state index in [-0.39, 0.29) is 11.9 Å². The van der Waals surface area contributed by atoms with E-state index in [2.05, 4.69) is 0 Å². The SMILES string of the molecule is COc1ccc([C@H]2CCC(P(=O)(c3ccccc3)c3ccccc3)O2)cc1. The molecular formula is C23H23O3P. The molecule has 138 valence electrons. The summed E-state index contributed by atoms with van der Waals surface area (Å²) in [5.41, 5.74) is 1.10. The highest BCUT2D eigenvalue weighted by Crippen LogP contribution is 2.55. The van der Waals surface area contributed by atoms with E-state index in [0.717, 1.165) is 34.8 Å². The lowest BCUT2D eigenvalue weighted by Gasteiger charge is -2.26. The van der Waals surface area contributed by atoms with Gasteiger partial charge in [-0.2, -0.15) is 0 Å². The van der Waals surface area contributed by atoms with Crippen molar-refractivity contribution in [3.05, 3.63) is 90.5 Å². The van der Waals surface area contributed by atoms with Crippen molar-refractivity contribution >= 4 is 17.8 Å². The lowest BCUT2D eigenvalue weighted by molar-refractivity contribution is 0.0873. The van der Waals surface area contributed by atoms with Crippen molar-refractivity contribution in [1.82, 2.24) is 0 Å². The Kier molecular flexibility index (Phi) is 5.15. The third kappa shape index (κ3) is 3.45. The van der Waals surface area contributed by atoms with Gasteiger partial charge < -0.3 is 14.0 Å². The number of hydrogen-bond acceptors (Lipinski definition) is 3. The Hall–Kier alpha value is -2.35. The van der Waals surface area contributed by atoms with Gasteiger partial charge in [0.2, 0.25) is 0 Å². The molecule has 0 radical (unpaired) electrons. The first kappa shape index (κ1) is 18.0. The van der Waals surface area contributed by atoms with Gasteiger partial charge in [0.1, 0.15) is 11.6 Å². The molecule has 0 aliphatic carbocycles. The molecule has 2 atom stereocenters. The molecule has 3 aromatic rings. The number of methoxy groups -OCH3 is 1. The molecule has 0 spiro atoms. The molecular weight excluding hydrogens is 355 g/mol. The average molecular weight is 378 g/mol. The van der Waals surface area contributed by atoms with E-state index < -0.39 is 7.14 Å². The molecule has 1 unspecified atom stereocenters. The summed E-state index contributed by atoms with van der Waals surface area (Å²) in [5, 5.41) is 1.72. The van der Waals surface area contributed by atoms with Crippen molar-refractivity contribution in [3.63, 3.8) is 0 Å². The summed E-state index contributed by atoms with van der Waals surface area (Å²) in [5.74, 6) is 0.516. The van der Waals surface area contributed by atoms with E-state index in [4.69, 9.17) is 9.47 Å². The van der Waals surface area contributed by atoms with Crippen LogP contribution in [0.5, 0.6) is 5.75 Å². The van der Waals surface area contributed by atoms with E-state index in [1.807, 2.05) is 84.9 Å². The fourth-order valence-electron chi connectivity index (χ4n) is 3.73. The van der Waals surface area contributed by atoms with Crippen molar-refractivity contribution in [3.8, 4) is 5.75 Å². The average Bonchev–Trinajstić information content (AvgIpc) is 3.25. The molecule has 1 aliphatic heterocycles. The second kappa shape index (κ2) is 7.72. The van der Waals surface area contributed by atoms with Gasteiger partial charge in [-0.05, 0) is 30.5 Å². The highest BCUT2D eigenvalue weighted by atomic mass is 31.2. The highest BCUT2D eigenvalue weighted by Gasteiger charge is 2.42. The lowest BCUT2D eigenvalue weighted by Crippen LogP contribution is -2.25. The summed E-state index contributed by atoms with van der Waals surface area (Å²) in [6, 6.07) is 27.5. The third-order valence-electron chi connectivity index (χ3n) is 5.17. The molecule has 1 fully saturated rings. The van der Waals surface area contributed by atoms with Crippen LogP contribution in [-0.2, 0) is 9.30 Å². The monoisotopic (exact) mass is 378 g/mol. The summed E-state index contributed by atoms with van der Waals surface area (Å²) in [6.07, 6.45) is 1.60. The van der Waals surface area contributed by atoms with Crippen molar-refractivity contribution in [2.45, 2.75) is 24.8 Å². The van der Waals surface area contributed by atoms with Gasteiger partial charge in [-0.15, -0.1) is 0 Å². The van der Waals surface area contributed by atoms with Gasteiger partial charge in [-0.25, -0.2) is 0 Å². The minimum atomic E-state index is -2.89. The van der Waals surface area contributed by atoms with Gasteiger partial charge in [0.15, 0.2) is 7.14 Å². The van der Waals surface area contributed by atoms with Gasteiger partial charge in [0.25, 0.3) is 0 Å². The van der Waals surface area contributed by atoms with Crippen LogP contribution in [0, 0.1) is 0 Å². The Morgan fingerprint density at radius 2 is 1.37 bits per heavy atom. The number of hydrogen-bond donors (Lipinski definition) is 0. The molecule has 1 aliphatic rings. The van der Waals surface area contributed by atoms with Crippen LogP contribution in [-0.4, -0.2) is 13.0 Å². The highest BCUT2D eigenvalue weighted by molar-refractivity contribution is 7.79. The van der Waals surface area contributed by atoms with Gasteiger partial charge in [0, 0.05) is 10.6 Å². The normalized spacial score (nSPS) is 19.7. The molecule has 0 aromatic heterocycles. The second-order valence-corrected chi connectivity index (χ2v) is 9.68. The molecule has 27 heavy (non-hydrogen) atoms. The summed E-state index contributed by atoms with van der Waals surface area (Å²) in [4.78, 5) is 0. The van der Waals surface area contributed by atoms with E-state index in [1.165, 1.54) is 0 Å². The maximum Gasteiger partial charge on any atom is 0.170 e. The first-order chi connectivity index (χ1) is 13.2. The number of rotatable bonds is 5. The number of ether oxygens (including phenoxy) is 2. The maximum atomic E-state index is 14.4. The quantitative estimate of drug-likeness (QED) is 0.593. The fourth-order valence-corrected chi connectivity index (χ4v) is 6.76. The van der Waals surface area contributed by atoms with Crippen LogP contribution in [0.15, 0.2) is 84.9 Å². The predicted molar refractivity (Wildman–Crippen MR) is 110 cm³/mol. The van der Waals surface area contributed by atoms with E-state index in [0.29, 0.717) is 0 Å². The first-order valence-electron chi connectivity index (χ1n) is 9.22. The maximum absolute atomic E-state index is 14.4. The van der Waals surface area contributed by atoms with Crippen molar-refractivity contribution in [2.75, 3.05) is 7.11 Å². The van der Waals surface area contributed by atoms with E-state index in [1.54, 1.807) is 7.11 Å². The van der Waals surface area contributed by atoms with Gasteiger partial charge >= 0.3 is 0 Å². The summed E-state index contributed by atoms with van der Waals surface area (Å²) in [6.45, 7) is 0. The lowest BCUT2D eigenvalue weighted by atomic mass is 10.1. The minimum absolute atomic E-state index is 0.0401. The Morgan fingerprint density at radius 3 is 1.89 bits per heavy atom. The second-order valence-electron chi connectivity index (χ2n) is 6.76. The molecule has 1 heterocycles. The molecule has 4 rings (SSSR count). The van der Waals surface area contributed by atoms with Crippen LogP contribution in [0.4, 0.5) is 0 Å². The molecule has 0 N–H and O–H groups in total. The van der Waals surface area contributed by atoms with Crippen LogP contribution in [0.2, 0.25) is 0 Å². The summed E-state index contributed by atoms with van der Waals surface area (Å²) >= 11 is 0. The third-order valence-corrected chi connectivity index (χ3v) is 8.49. The van der Waals surface area contributed by atoms with Crippen LogP contribution >= 0.6 is 7.14 Å². The predicted octanol–water partition coefficient (Wildman–Crippen LogP) is 4.89. The molecule has 0 saturated carbocycles. The smallest absolute Gasteiger partial charge is 0.170 e. The molecule has 4 heteroatoms. The molecule has 3 aromatic carbocycles. The zero-order valence-electron chi connectivity index (χ0n) is 15.3. The molecule has 3 nitrogen and oxygen atoms in total. The van der Waals surface area contributed by atoms with Gasteiger partial charge in [-0.1, -0.05) is 72.8 Å². The van der Waals surface area contributed by atoms with Crippen LogP contribution in [0.3, 0.4) is 0 Å². The van der Waals surface area contributed by atoms with Crippen molar-refractivity contribution in [1.29, 1.82) is 0 Å². The van der Waals surface area contributed by atoms with E-state index in [9.17, 15) is 4.57 Å². The topological polar surface area (TPSA) is 35.5 Å². The number of benzene rings is 3. The largest absolute Gasteiger partial charge is 0.497 e. The molecule has 1 saturated heterocycles. The standard InChI is InChI=1S/C23H23O3P/c1-25-19-14-12-18(13-15-19)22-16-17-23(26-22)27(24,20-8-4-2-5-9-20)21-10-6-3-7-11-21/h2-15,22-23H,16-17H2,1H3/t22-,23?/m1/s1. The Bertz CT molecular complexity index is 879. The Labute approximate surface area is 160 Å². The van der Waals surface area contributed by atoms with Crippen molar-refractivity contribution < 1.29 is 14.0 Å². The molecule has 0 bridgehead atoms. The summed E-state index contributed by atoms with van der Waals surface area (Å²) < 4.78 is 26.0. The van der Waals surface area contributed by atoms with E-state index >= 15 is 0 Å². The zero-order valence-corrected chi connectivity index (χ0v) is 16.2. The first-order valence-corrected chi connectivity index (χ1v) is 11.0. The minimum Gasteiger partial charge on any atom is -0.497 e. The molecule has 0 amide bonds. The fraction of sp³-hybridized carbons (Fsp3) is 0.217. The zero-order chi connectivity index (χ0) is 18.7. The van der Waals surface area contributed by atoms with Gasteiger partial charge in [-0.3, -0.25) is 0 Å². The van der Waals surface area contributed by atoms with Crippen molar-refractivity contribution in [2.24, 2.45) is 0 Å². The Balaban J connectivity index is 1.67.